The third-order valence-corrected chi connectivity index (χ3v) is 7.35. The van der Waals surface area contributed by atoms with Gasteiger partial charge >= 0.3 is 5.97 Å². The van der Waals surface area contributed by atoms with Gasteiger partial charge < -0.3 is 9.15 Å². The molecule has 0 saturated heterocycles. The average Bonchev–Trinajstić information content (AvgIpc) is 3.48. The molecule has 1 aliphatic heterocycles. The number of hydrogen-bond donors (Lipinski definition) is 0. The summed E-state index contributed by atoms with van der Waals surface area (Å²) in [5, 5.41) is 11.3. The van der Waals surface area contributed by atoms with Crippen molar-refractivity contribution >= 4 is 29.1 Å². The van der Waals surface area contributed by atoms with Gasteiger partial charge in [0.25, 0.3) is 11.2 Å². The number of nitrogens with zero attached hydrogens (tertiary/aromatic N) is 3. The molecule has 1 atom stereocenters. The van der Waals surface area contributed by atoms with E-state index in [-0.39, 0.29) is 17.9 Å². The zero-order valence-electron chi connectivity index (χ0n) is 21.1. The Kier molecular flexibility index (Phi) is 6.83. The number of halogens is 1. The summed E-state index contributed by atoms with van der Waals surface area (Å²) in [6.45, 7) is 5.14. The molecular weight excluding hydrogens is 525 g/mol. The predicted molar refractivity (Wildman–Crippen MR) is 142 cm³/mol. The zero-order chi connectivity index (χ0) is 27.8. The normalized spacial score (nSPS) is 15.2. The molecule has 0 spiro atoms. The highest BCUT2D eigenvalue weighted by molar-refractivity contribution is 7.07. The number of hydrogen-bond acceptors (Lipinski definition) is 8. The number of rotatable bonds is 6. The van der Waals surface area contributed by atoms with Crippen LogP contribution in [-0.2, 0) is 9.53 Å². The van der Waals surface area contributed by atoms with E-state index in [2.05, 4.69) is 4.99 Å². The molecule has 9 nitrogen and oxygen atoms in total. The van der Waals surface area contributed by atoms with Crippen LogP contribution in [0.25, 0.3) is 17.4 Å². The molecular formula is C28H22FN3O6S. The smallest absolute Gasteiger partial charge is 0.338 e. The quantitative estimate of drug-likeness (QED) is 0.201. The molecule has 2 aromatic carbocycles. The molecule has 4 aromatic rings. The maximum Gasteiger partial charge on any atom is 0.338 e. The van der Waals surface area contributed by atoms with Crippen LogP contribution >= 0.6 is 11.3 Å². The van der Waals surface area contributed by atoms with Crippen LogP contribution in [0.1, 0.15) is 36.8 Å². The summed E-state index contributed by atoms with van der Waals surface area (Å²) in [7, 11) is 0. The molecule has 0 aliphatic carbocycles. The number of nitro groups is 1. The minimum atomic E-state index is -0.859. The van der Waals surface area contributed by atoms with Crippen LogP contribution < -0.4 is 14.9 Å². The van der Waals surface area contributed by atoms with Gasteiger partial charge in [0.1, 0.15) is 17.3 Å². The summed E-state index contributed by atoms with van der Waals surface area (Å²) >= 11 is 1.12. The predicted octanol–water partition coefficient (Wildman–Crippen LogP) is 4.41. The number of aromatic nitrogens is 1. The highest BCUT2D eigenvalue weighted by atomic mass is 32.1. The average molecular weight is 548 g/mol. The number of esters is 1. The van der Waals surface area contributed by atoms with Crippen LogP contribution in [-0.4, -0.2) is 22.1 Å². The molecule has 3 heterocycles. The Balaban J connectivity index is 1.63. The summed E-state index contributed by atoms with van der Waals surface area (Å²) in [6, 6.07) is 12.8. The molecule has 0 fully saturated rings. The summed E-state index contributed by atoms with van der Waals surface area (Å²) in [6.07, 6.45) is 1.56. The minimum absolute atomic E-state index is 0.0210. The van der Waals surface area contributed by atoms with Crippen molar-refractivity contribution in [3.8, 4) is 11.3 Å². The van der Waals surface area contributed by atoms with Crippen molar-refractivity contribution in [2.45, 2.75) is 26.8 Å². The number of allylic oxidation sites excluding steroid dienone is 1. The van der Waals surface area contributed by atoms with Gasteiger partial charge in [-0.25, -0.2) is 14.2 Å². The van der Waals surface area contributed by atoms with E-state index in [0.717, 1.165) is 11.3 Å². The Morgan fingerprint density at radius 3 is 2.64 bits per heavy atom. The van der Waals surface area contributed by atoms with E-state index in [9.17, 15) is 24.1 Å². The molecule has 0 radical (unpaired) electrons. The van der Waals surface area contributed by atoms with Gasteiger partial charge in [0.2, 0.25) is 0 Å². The van der Waals surface area contributed by atoms with Gasteiger partial charge in [-0.05, 0) is 50.6 Å². The molecule has 2 aromatic heterocycles. The second-order valence-corrected chi connectivity index (χ2v) is 9.77. The number of carbonyl (C=O) groups is 1. The first kappa shape index (κ1) is 26.0. The molecule has 0 N–H and O–H groups in total. The molecule has 0 amide bonds. The molecule has 5 rings (SSSR count). The van der Waals surface area contributed by atoms with Crippen molar-refractivity contribution in [1.29, 1.82) is 0 Å². The Bertz CT molecular complexity index is 1830. The van der Waals surface area contributed by atoms with E-state index in [1.54, 1.807) is 51.1 Å². The Labute approximate surface area is 225 Å². The summed E-state index contributed by atoms with van der Waals surface area (Å²) < 4.78 is 26.6. The molecule has 11 heteroatoms. The maximum atomic E-state index is 13.7. The first-order valence-electron chi connectivity index (χ1n) is 12.0. The van der Waals surface area contributed by atoms with Crippen molar-refractivity contribution in [2.75, 3.05) is 6.61 Å². The van der Waals surface area contributed by atoms with Crippen molar-refractivity contribution < 1.29 is 23.3 Å². The van der Waals surface area contributed by atoms with Gasteiger partial charge in [-0.2, -0.15) is 0 Å². The van der Waals surface area contributed by atoms with Crippen molar-refractivity contribution in [2.24, 2.45) is 4.99 Å². The number of furan rings is 1. The van der Waals surface area contributed by atoms with Gasteiger partial charge in [-0.3, -0.25) is 19.5 Å². The third kappa shape index (κ3) is 4.72. The SMILES string of the molecule is CCOC(=O)C1=C(C)N=c2s/c(=C\c3ccc(-c4cccc([N+](=O)[O-])c4C)o3)c(=O)n2[C@H]1c1ccc(F)cc1. The molecule has 0 bridgehead atoms. The van der Waals surface area contributed by atoms with Crippen molar-refractivity contribution in [3.63, 3.8) is 0 Å². The van der Waals surface area contributed by atoms with E-state index in [0.29, 0.717) is 43.2 Å². The highest BCUT2D eigenvalue weighted by Crippen LogP contribution is 2.32. The number of benzene rings is 2. The van der Waals surface area contributed by atoms with Crippen LogP contribution in [0.15, 0.2) is 80.1 Å². The van der Waals surface area contributed by atoms with Gasteiger partial charge in [0.15, 0.2) is 4.80 Å². The van der Waals surface area contributed by atoms with Crippen LogP contribution in [0.5, 0.6) is 0 Å². The fourth-order valence-corrected chi connectivity index (χ4v) is 5.57. The molecule has 0 saturated carbocycles. The van der Waals surface area contributed by atoms with Gasteiger partial charge in [0, 0.05) is 23.3 Å². The van der Waals surface area contributed by atoms with Gasteiger partial charge in [0.05, 0.1) is 33.4 Å². The van der Waals surface area contributed by atoms with Gasteiger partial charge in [-0.15, -0.1) is 0 Å². The molecule has 198 valence electrons. The number of fused-ring (bicyclic) bond motifs is 1. The fraction of sp³-hybridized carbons (Fsp3) is 0.179. The van der Waals surface area contributed by atoms with E-state index in [1.807, 2.05) is 0 Å². The molecule has 39 heavy (non-hydrogen) atoms. The van der Waals surface area contributed by atoms with Crippen molar-refractivity contribution in [1.82, 2.24) is 4.57 Å². The summed E-state index contributed by atoms with van der Waals surface area (Å²) in [4.78, 5) is 42.3. The Morgan fingerprint density at radius 1 is 1.21 bits per heavy atom. The molecule has 0 unspecified atom stereocenters. The number of carbonyl (C=O) groups excluding carboxylic acids is 1. The molecule has 1 aliphatic rings. The highest BCUT2D eigenvalue weighted by Gasteiger charge is 2.33. The van der Waals surface area contributed by atoms with Crippen molar-refractivity contribution in [3.05, 3.63) is 118 Å². The first-order chi connectivity index (χ1) is 18.7. The second kappa shape index (κ2) is 10.3. The van der Waals surface area contributed by atoms with E-state index >= 15 is 0 Å². The van der Waals surface area contributed by atoms with Gasteiger partial charge in [-0.1, -0.05) is 35.6 Å². The third-order valence-electron chi connectivity index (χ3n) is 6.37. The largest absolute Gasteiger partial charge is 0.463 e. The fourth-order valence-electron chi connectivity index (χ4n) is 4.54. The number of thiazole rings is 1. The Hall–Kier alpha value is -4.64. The standard InChI is InChI=1S/C28H22FN3O6S/c1-4-37-27(34)24-16(3)30-28-31(25(24)17-8-10-18(29)11-9-17)26(33)23(39-28)14-19-12-13-22(38-19)20-6-5-7-21(15(20)2)32(35)36/h5-14,25H,4H2,1-3H3/b23-14-/t25-/m0/s1. The van der Waals surface area contributed by atoms with Crippen LogP contribution in [0, 0.1) is 22.9 Å². The lowest BCUT2D eigenvalue weighted by Gasteiger charge is -2.24. The van der Waals surface area contributed by atoms with E-state index in [1.165, 1.54) is 34.9 Å². The zero-order valence-corrected chi connectivity index (χ0v) is 22.0. The lowest BCUT2D eigenvalue weighted by molar-refractivity contribution is -0.385. The van der Waals surface area contributed by atoms with E-state index < -0.39 is 28.3 Å². The van der Waals surface area contributed by atoms with Crippen LogP contribution in [0.2, 0.25) is 0 Å². The monoisotopic (exact) mass is 547 g/mol. The number of ether oxygens (including phenoxy) is 1. The second-order valence-electron chi connectivity index (χ2n) is 8.76. The summed E-state index contributed by atoms with van der Waals surface area (Å²) in [5.41, 5.74) is 1.73. The lowest BCUT2D eigenvalue weighted by Crippen LogP contribution is -2.39. The minimum Gasteiger partial charge on any atom is -0.463 e. The lowest BCUT2D eigenvalue weighted by atomic mass is 9.96. The van der Waals surface area contributed by atoms with Crippen LogP contribution in [0.4, 0.5) is 10.1 Å². The van der Waals surface area contributed by atoms with E-state index in [4.69, 9.17) is 9.15 Å². The Morgan fingerprint density at radius 2 is 1.95 bits per heavy atom. The van der Waals surface area contributed by atoms with Crippen LogP contribution in [0.3, 0.4) is 0 Å². The number of nitro benzene ring substituents is 1. The summed E-state index contributed by atoms with van der Waals surface area (Å²) in [5.74, 6) is -0.275. The first-order valence-corrected chi connectivity index (χ1v) is 12.8. The maximum absolute atomic E-state index is 13.7. The topological polar surface area (TPSA) is 117 Å².